The lowest BCUT2D eigenvalue weighted by Crippen LogP contribution is -2.34. The van der Waals surface area contributed by atoms with Crippen LogP contribution in [-0.2, 0) is 0 Å². The van der Waals surface area contributed by atoms with E-state index in [1.807, 2.05) is 0 Å². The maximum atomic E-state index is 3.64. The van der Waals surface area contributed by atoms with Crippen molar-refractivity contribution in [1.82, 2.24) is 10.2 Å². The molecule has 2 nitrogen and oxygen atoms in total. The lowest BCUT2D eigenvalue weighted by molar-refractivity contribution is 0.246. The van der Waals surface area contributed by atoms with Crippen LogP contribution >= 0.6 is 0 Å². The summed E-state index contributed by atoms with van der Waals surface area (Å²) in [4.78, 5) is 2.69. The third-order valence-electron chi connectivity index (χ3n) is 4.57. The van der Waals surface area contributed by atoms with Crippen molar-refractivity contribution in [2.45, 2.75) is 44.2 Å². The van der Waals surface area contributed by atoms with Crippen molar-refractivity contribution in [3.8, 4) is 0 Å². The number of nitrogens with zero attached hydrogens (tertiary/aromatic N) is 1. The van der Waals surface area contributed by atoms with Gasteiger partial charge < -0.3 is 5.32 Å². The quantitative estimate of drug-likeness (QED) is 0.860. The van der Waals surface area contributed by atoms with Gasteiger partial charge in [0.15, 0.2) is 0 Å². The summed E-state index contributed by atoms with van der Waals surface area (Å²) < 4.78 is 0. The molecule has 0 aliphatic carbocycles. The predicted octanol–water partition coefficient (Wildman–Crippen LogP) is 2.62. The molecule has 2 fully saturated rings. The van der Waals surface area contributed by atoms with Gasteiger partial charge in [0.05, 0.1) is 0 Å². The van der Waals surface area contributed by atoms with Crippen molar-refractivity contribution in [2.75, 3.05) is 19.6 Å². The minimum atomic E-state index is 0.329. The zero-order chi connectivity index (χ0) is 12.6. The average Bonchev–Trinajstić information content (AvgIpc) is 2.96. The summed E-state index contributed by atoms with van der Waals surface area (Å²) >= 11 is 0. The number of hydrogen-bond donors (Lipinski definition) is 1. The Bertz CT molecular complexity index is 399. The maximum absolute atomic E-state index is 3.64. The number of benzene rings is 1. The molecule has 2 aliphatic rings. The van der Waals surface area contributed by atoms with Crippen molar-refractivity contribution in [3.63, 3.8) is 0 Å². The summed E-state index contributed by atoms with van der Waals surface area (Å²) in [6.07, 6.45) is 2.61. The second-order valence-electron chi connectivity index (χ2n) is 6.51. The Hall–Kier alpha value is -0.860. The molecule has 0 radical (unpaired) electrons. The number of hydrogen-bond acceptors (Lipinski definition) is 2. The van der Waals surface area contributed by atoms with Gasteiger partial charge in [-0.25, -0.2) is 0 Å². The van der Waals surface area contributed by atoms with Gasteiger partial charge in [-0.1, -0.05) is 30.3 Å². The van der Waals surface area contributed by atoms with Crippen LogP contribution in [0.1, 0.15) is 38.2 Å². The lowest BCUT2D eigenvalue weighted by atomic mass is 9.98. The summed E-state index contributed by atoms with van der Waals surface area (Å²) in [7, 11) is 0. The van der Waals surface area contributed by atoms with E-state index in [9.17, 15) is 0 Å². The summed E-state index contributed by atoms with van der Waals surface area (Å²) in [5.74, 6) is 0.745. The second kappa shape index (κ2) is 4.67. The van der Waals surface area contributed by atoms with E-state index in [4.69, 9.17) is 0 Å². The average molecular weight is 244 g/mol. The van der Waals surface area contributed by atoms with Crippen LogP contribution in [0.2, 0.25) is 0 Å². The lowest BCUT2D eigenvalue weighted by Gasteiger charge is -2.24. The van der Waals surface area contributed by atoms with Gasteiger partial charge in [0.2, 0.25) is 0 Å². The highest BCUT2D eigenvalue weighted by atomic mass is 15.2. The van der Waals surface area contributed by atoms with Crippen molar-refractivity contribution >= 4 is 0 Å². The number of likely N-dealkylation sites (tertiary alicyclic amines) is 1. The van der Waals surface area contributed by atoms with Crippen LogP contribution in [0, 0.1) is 0 Å². The Morgan fingerprint density at radius 3 is 2.67 bits per heavy atom. The third kappa shape index (κ3) is 2.45. The van der Waals surface area contributed by atoms with Crippen molar-refractivity contribution in [2.24, 2.45) is 0 Å². The molecule has 2 unspecified atom stereocenters. The van der Waals surface area contributed by atoms with Crippen LogP contribution in [0.5, 0.6) is 0 Å². The smallest absolute Gasteiger partial charge is 0.0238 e. The number of nitrogens with one attached hydrogen (secondary N) is 1. The molecule has 18 heavy (non-hydrogen) atoms. The molecule has 1 aromatic rings. The van der Waals surface area contributed by atoms with E-state index in [0.717, 1.165) is 18.5 Å². The monoisotopic (exact) mass is 244 g/mol. The zero-order valence-electron chi connectivity index (χ0n) is 11.5. The molecule has 1 aromatic carbocycles. The molecule has 0 amide bonds. The Balaban J connectivity index is 1.63. The second-order valence-corrected chi connectivity index (χ2v) is 6.51. The molecule has 2 heterocycles. The van der Waals surface area contributed by atoms with E-state index < -0.39 is 0 Å². The molecule has 0 spiro atoms. The molecule has 2 saturated heterocycles. The van der Waals surface area contributed by atoms with E-state index in [-0.39, 0.29) is 0 Å². The minimum Gasteiger partial charge on any atom is -0.310 e. The molecule has 2 aliphatic heterocycles. The Morgan fingerprint density at radius 1 is 1.22 bits per heavy atom. The van der Waals surface area contributed by atoms with E-state index in [2.05, 4.69) is 54.4 Å². The summed E-state index contributed by atoms with van der Waals surface area (Å²) in [5.41, 5.74) is 1.85. The molecule has 2 heteroatoms. The molecule has 0 saturated carbocycles. The first-order valence-electron chi connectivity index (χ1n) is 7.18. The molecule has 3 rings (SSSR count). The van der Waals surface area contributed by atoms with Crippen LogP contribution in [-0.4, -0.2) is 36.1 Å². The maximum Gasteiger partial charge on any atom is 0.0238 e. The van der Waals surface area contributed by atoms with Crippen LogP contribution in [0.25, 0.3) is 0 Å². The van der Waals surface area contributed by atoms with Crippen molar-refractivity contribution in [1.29, 1.82) is 0 Å². The molecule has 0 aromatic heterocycles. The van der Waals surface area contributed by atoms with Crippen molar-refractivity contribution < 1.29 is 0 Å². The fourth-order valence-corrected chi connectivity index (χ4v) is 3.50. The summed E-state index contributed by atoms with van der Waals surface area (Å²) in [6, 6.07) is 11.8. The Kier molecular flexibility index (Phi) is 3.16. The topological polar surface area (TPSA) is 15.3 Å². The van der Waals surface area contributed by atoms with Crippen LogP contribution < -0.4 is 5.32 Å². The summed E-state index contributed by atoms with van der Waals surface area (Å²) in [5, 5.41) is 3.64. The third-order valence-corrected chi connectivity index (χ3v) is 4.57. The van der Waals surface area contributed by atoms with Crippen LogP contribution in [0.15, 0.2) is 30.3 Å². The SMILES string of the molecule is CC1(C)CC(N2CCC(c3ccccc3)C2)CN1. The zero-order valence-corrected chi connectivity index (χ0v) is 11.5. The summed E-state index contributed by atoms with van der Waals surface area (Å²) in [6.45, 7) is 8.30. The molecular formula is C16H24N2. The van der Waals surface area contributed by atoms with E-state index >= 15 is 0 Å². The van der Waals surface area contributed by atoms with Crippen LogP contribution in [0.4, 0.5) is 0 Å². The first-order chi connectivity index (χ1) is 8.64. The van der Waals surface area contributed by atoms with Gasteiger partial charge in [-0.15, -0.1) is 0 Å². The molecule has 0 bridgehead atoms. The highest BCUT2D eigenvalue weighted by Crippen LogP contribution is 2.31. The van der Waals surface area contributed by atoms with Crippen molar-refractivity contribution in [3.05, 3.63) is 35.9 Å². The molecule has 98 valence electrons. The van der Waals surface area contributed by atoms with Gasteiger partial charge in [0.25, 0.3) is 0 Å². The van der Waals surface area contributed by atoms with Gasteiger partial charge in [0, 0.05) is 24.7 Å². The van der Waals surface area contributed by atoms with Gasteiger partial charge in [-0.3, -0.25) is 4.90 Å². The normalized spacial score (nSPS) is 31.9. The minimum absolute atomic E-state index is 0.329. The molecule has 2 atom stereocenters. The fourth-order valence-electron chi connectivity index (χ4n) is 3.50. The predicted molar refractivity (Wildman–Crippen MR) is 75.9 cm³/mol. The first-order valence-corrected chi connectivity index (χ1v) is 7.18. The standard InChI is InChI=1S/C16H24N2/c1-16(2)10-15(11-17-16)18-9-8-14(12-18)13-6-4-3-5-7-13/h3-7,14-15,17H,8-12H2,1-2H3. The van der Waals surface area contributed by atoms with E-state index in [0.29, 0.717) is 5.54 Å². The van der Waals surface area contributed by atoms with Gasteiger partial charge in [-0.05, 0) is 44.7 Å². The first kappa shape index (κ1) is 12.2. The van der Waals surface area contributed by atoms with Crippen LogP contribution in [0.3, 0.4) is 0 Å². The highest BCUT2D eigenvalue weighted by Gasteiger charge is 2.36. The Morgan fingerprint density at radius 2 is 2.00 bits per heavy atom. The number of rotatable bonds is 2. The van der Waals surface area contributed by atoms with Gasteiger partial charge >= 0.3 is 0 Å². The molecular weight excluding hydrogens is 220 g/mol. The van der Waals surface area contributed by atoms with E-state index in [1.165, 1.54) is 31.5 Å². The van der Waals surface area contributed by atoms with Gasteiger partial charge in [0.1, 0.15) is 0 Å². The Labute approximate surface area is 110 Å². The molecule has 1 N–H and O–H groups in total. The highest BCUT2D eigenvalue weighted by molar-refractivity contribution is 5.21. The van der Waals surface area contributed by atoms with E-state index in [1.54, 1.807) is 0 Å². The largest absolute Gasteiger partial charge is 0.310 e. The van der Waals surface area contributed by atoms with Gasteiger partial charge in [-0.2, -0.15) is 0 Å². The fraction of sp³-hybridized carbons (Fsp3) is 0.625.